The van der Waals surface area contributed by atoms with Crippen LogP contribution in [0, 0.1) is 27.7 Å². The zero-order valence-electron chi connectivity index (χ0n) is 37.8. The Bertz CT molecular complexity index is 2700. The Hall–Kier alpha value is -1.77. The van der Waals surface area contributed by atoms with Gasteiger partial charge in [-0.3, -0.25) is 0 Å². The van der Waals surface area contributed by atoms with Gasteiger partial charge in [-0.05, 0) is 109 Å². The number of pyridine rings is 2. The first-order valence-electron chi connectivity index (χ1n) is 20.9. The summed E-state index contributed by atoms with van der Waals surface area (Å²) in [7, 11) is -4.50. The number of nitrogens with zero attached hydrogens (tertiary/aromatic N) is 2. The molecule has 1 atom stereocenters. The Morgan fingerprint density at radius 3 is 1.11 bits per heavy atom. The van der Waals surface area contributed by atoms with Gasteiger partial charge in [0, 0.05) is 21.9 Å². The van der Waals surface area contributed by atoms with Crippen molar-refractivity contribution in [3.05, 3.63) is 210 Å². The summed E-state index contributed by atoms with van der Waals surface area (Å²) in [4.78, 5) is 18.7. The van der Waals surface area contributed by atoms with Crippen molar-refractivity contribution in [2.24, 2.45) is 0 Å². The minimum atomic E-state index is -3.15. The van der Waals surface area contributed by atoms with E-state index in [1.165, 1.54) is 130 Å². The van der Waals surface area contributed by atoms with E-state index in [0.29, 0.717) is 5.46 Å². The quantitative estimate of drug-likeness (QED) is 0.0861. The molecule has 2 heterocycles. The van der Waals surface area contributed by atoms with E-state index >= 15 is 0 Å². The number of hydrogen-bond donors (Lipinski definition) is 2. The third kappa shape index (κ3) is 17.9. The molecule has 310 valence electrons. The topological polar surface area (TPSA) is 139 Å². The third-order valence-corrected chi connectivity index (χ3v) is 9.91. The van der Waals surface area contributed by atoms with Crippen molar-refractivity contribution in [2.75, 3.05) is 0 Å². The Labute approximate surface area is 470 Å². The second-order valence-electron chi connectivity index (χ2n) is 14.8. The van der Waals surface area contributed by atoms with Crippen LogP contribution in [0.2, 0.25) is 0 Å². The molecule has 0 bridgehead atoms. The first-order valence-corrected chi connectivity index (χ1v) is 38.0. The third-order valence-electron chi connectivity index (χ3n) is 9.79. The van der Waals surface area contributed by atoms with Crippen molar-refractivity contribution in [3.8, 4) is 44.8 Å². The molecule has 0 saturated carbocycles. The van der Waals surface area contributed by atoms with Crippen LogP contribution in [0.15, 0.2) is 188 Å². The number of aromatic nitrogens is 2. The fourth-order valence-electron chi connectivity index (χ4n) is 7.05. The Balaban J connectivity index is 0.000000212. The summed E-state index contributed by atoms with van der Waals surface area (Å²) >= 11 is 2.50. The molecule has 1 unspecified atom stereocenters. The van der Waals surface area contributed by atoms with Gasteiger partial charge in [0.05, 0.1) is 22.4 Å². The van der Waals surface area contributed by atoms with Gasteiger partial charge in [0.25, 0.3) is 0 Å². The van der Waals surface area contributed by atoms with Crippen LogP contribution in [0.1, 0.15) is 22.3 Å². The van der Waals surface area contributed by atoms with Gasteiger partial charge in [0.2, 0.25) is 0 Å². The normalized spacial score (nSPS) is 10.3. The van der Waals surface area contributed by atoms with E-state index in [9.17, 15) is 0 Å². The SMILES string of the molecule is Cc1cc(C)cc(-c2ccc3ccc(-c4ccccc4)cc3n2)c1.Cc1cc(C)cc(-c2ccc3ccc(-c4ccccc4)cc3n2)c1.O=[P+]([O-])O[O-].OB(O)c1ccccc1.[K+].[K][K]. The summed E-state index contributed by atoms with van der Waals surface area (Å²) in [5.74, 6) is 0. The van der Waals surface area contributed by atoms with E-state index in [1.807, 2.05) is 18.2 Å². The number of benzene rings is 7. The van der Waals surface area contributed by atoms with Crippen molar-refractivity contribution in [3.63, 3.8) is 0 Å². The van der Waals surface area contributed by atoms with Crippen LogP contribution >= 0.6 is 8.25 Å². The Morgan fingerprint density at radius 1 is 0.477 bits per heavy atom. The zero-order valence-corrected chi connectivity index (χ0v) is 48.1. The van der Waals surface area contributed by atoms with Crippen LogP contribution in [-0.2, 0) is 9.24 Å². The van der Waals surface area contributed by atoms with Gasteiger partial charge in [0.15, 0.2) is 0 Å². The summed E-state index contributed by atoms with van der Waals surface area (Å²) in [6.07, 6.45) is 0. The van der Waals surface area contributed by atoms with Crippen molar-refractivity contribution in [2.45, 2.75) is 27.7 Å². The van der Waals surface area contributed by atoms with E-state index in [1.54, 1.807) is 24.3 Å². The predicted octanol–water partition coefficient (Wildman–Crippen LogP) is 6.28. The summed E-state index contributed by atoms with van der Waals surface area (Å²) in [6, 6.07) is 64.2. The fourth-order valence-corrected chi connectivity index (χ4v) is 7.05. The van der Waals surface area contributed by atoms with Gasteiger partial charge in [-0.1, -0.05) is 162 Å². The van der Waals surface area contributed by atoms with Gasteiger partial charge in [-0.25, -0.2) is 14.6 Å². The maximum absolute atomic E-state index is 8.87. The van der Waals surface area contributed by atoms with E-state index in [0.717, 1.165) is 22.4 Å². The van der Waals surface area contributed by atoms with Gasteiger partial charge in [0.1, 0.15) is 0 Å². The fraction of sp³-hybridized carbons (Fsp3) is 0.0769. The average molecular weight is 953 g/mol. The number of aryl methyl sites for hydroxylation is 4. The van der Waals surface area contributed by atoms with E-state index in [2.05, 4.69) is 178 Å². The van der Waals surface area contributed by atoms with Gasteiger partial charge < -0.3 is 20.2 Å². The molecule has 9 rings (SSSR count). The van der Waals surface area contributed by atoms with Crippen LogP contribution in [0.4, 0.5) is 0 Å². The standard InChI is InChI=1S/2C23H19N.C6H7BO2.3K.HO4P/c2*1-16-12-17(2)14-21(13-16)22-11-10-19-8-9-20(15-23(19)24-22)18-6-4-3-5-7-18;8-7(9)6-4-2-1-3-5-6;;;;1-4-5(2)3/h2*3-15H,1-2H3;1-5,8-9H;;;;1H/q;;;;;+1;/p-1. The van der Waals surface area contributed by atoms with Crippen molar-refractivity contribution in [1.82, 2.24) is 9.97 Å². The van der Waals surface area contributed by atoms with E-state index in [-0.39, 0.29) is 51.4 Å². The minimum absolute atomic E-state index is 0. The molecular weight excluding hydrogens is 908 g/mol. The molecule has 0 saturated heterocycles. The van der Waals surface area contributed by atoms with Crippen LogP contribution in [0.5, 0.6) is 0 Å². The molecule has 0 spiro atoms. The molecule has 0 aliphatic carbocycles. The predicted molar refractivity (Wildman–Crippen MR) is 261 cm³/mol. The summed E-state index contributed by atoms with van der Waals surface area (Å²) in [5.41, 5.74) is 16.9. The summed E-state index contributed by atoms with van der Waals surface area (Å²) in [6.45, 7) is 8.52. The first kappa shape index (κ1) is 55.8. The molecule has 2 N–H and O–H groups in total. The van der Waals surface area contributed by atoms with Crippen LogP contribution < -0.4 is 67.0 Å². The number of hydrogen-bond acceptors (Lipinski definition) is 8. The summed E-state index contributed by atoms with van der Waals surface area (Å²) in [5, 5.41) is 28.0. The zero-order chi connectivity index (χ0) is 46.0. The molecule has 13 heteroatoms. The molecule has 2 aromatic heterocycles. The molecule has 65 heavy (non-hydrogen) atoms. The Kier molecular flexibility index (Phi) is 25.2. The molecule has 0 amide bonds. The van der Waals surface area contributed by atoms with Crippen molar-refractivity contribution >= 4 is 106 Å². The molecule has 7 aromatic carbocycles. The van der Waals surface area contributed by atoms with E-state index < -0.39 is 15.4 Å². The molecule has 0 radical (unpaired) electrons. The second-order valence-corrected chi connectivity index (χ2v) is 15.4. The molecule has 0 aliphatic heterocycles. The molecule has 9 aromatic rings. The molecule has 0 fully saturated rings. The van der Waals surface area contributed by atoms with Crippen molar-refractivity contribution < 1.29 is 80.8 Å². The average Bonchev–Trinajstić information content (AvgIpc) is 3.32. The first-order chi connectivity index (χ1) is 30.9. The monoisotopic (exact) mass is 952 g/mol. The summed E-state index contributed by atoms with van der Waals surface area (Å²) < 4.78 is 11.3. The molecule has 8 nitrogen and oxygen atoms in total. The molecule has 0 aliphatic rings. The maximum atomic E-state index is 8.87. The van der Waals surface area contributed by atoms with Gasteiger partial charge in [-0.2, -0.15) is 0 Å². The second kappa shape index (κ2) is 29.3. The van der Waals surface area contributed by atoms with Crippen LogP contribution in [-0.4, -0.2) is 90.3 Å². The van der Waals surface area contributed by atoms with Crippen molar-refractivity contribution in [1.29, 1.82) is 0 Å². The van der Waals surface area contributed by atoms with Crippen LogP contribution in [0.25, 0.3) is 66.6 Å². The number of fused-ring (bicyclic) bond motifs is 2. The number of rotatable bonds is 6. The van der Waals surface area contributed by atoms with Gasteiger partial charge in [-0.15, -0.1) is 0 Å². The Morgan fingerprint density at radius 2 is 0.800 bits per heavy atom. The van der Waals surface area contributed by atoms with E-state index in [4.69, 9.17) is 34.7 Å². The molecular formula is C52H45BK3N2O6P. The van der Waals surface area contributed by atoms with Gasteiger partial charge >= 0.3 is 130 Å². The van der Waals surface area contributed by atoms with Crippen LogP contribution in [0.3, 0.4) is 0 Å².